The highest BCUT2D eigenvalue weighted by molar-refractivity contribution is 5.43. The molecule has 3 aromatic rings. The van der Waals surface area contributed by atoms with Crippen LogP contribution in [0.2, 0.25) is 0 Å². The highest BCUT2D eigenvalue weighted by Crippen LogP contribution is 2.21. The van der Waals surface area contributed by atoms with Crippen LogP contribution in [0.5, 0.6) is 0 Å². The molecule has 0 atom stereocenters. The number of nitrogens with zero attached hydrogens (tertiary/aromatic N) is 7. The Balaban J connectivity index is 1.39. The lowest BCUT2D eigenvalue weighted by molar-refractivity contribution is 0.519. The number of tetrazole rings is 1. The van der Waals surface area contributed by atoms with Gasteiger partial charge in [-0.3, -0.25) is 0 Å². The third kappa shape index (κ3) is 3.72. The fraction of sp³-hybridized carbons (Fsp3) is 0.316. The van der Waals surface area contributed by atoms with Gasteiger partial charge in [-0.25, -0.2) is 4.98 Å². The second-order valence-corrected chi connectivity index (χ2v) is 6.67. The number of aromatic nitrogens is 5. The smallest absolute Gasteiger partial charge is 0.247 e. The molecule has 0 spiro atoms. The second-order valence-electron chi connectivity index (χ2n) is 6.67. The molecule has 0 saturated carbocycles. The van der Waals surface area contributed by atoms with Crippen LogP contribution in [0.15, 0.2) is 42.6 Å². The van der Waals surface area contributed by atoms with Crippen molar-refractivity contribution in [2.75, 3.05) is 23.3 Å². The Morgan fingerprint density at radius 1 is 1.11 bits per heavy atom. The summed E-state index contributed by atoms with van der Waals surface area (Å²) < 4.78 is 1.73. The number of nitrogens with one attached hydrogen (secondary N) is 1. The summed E-state index contributed by atoms with van der Waals surface area (Å²) in [6, 6.07) is 14.2. The predicted octanol–water partition coefficient (Wildman–Crippen LogP) is 2.32. The number of pyridine rings is 1. The van der Waals surface area contributed by atoms with Gasteiger partial charge in [0, 0.05) is 25.3 Å². The van der Waals surface area contributed by atoms with Crippen molar-refractivity contribution in [2.45, 2.75) is 25.8 Å². The molecule has 1 aromatic carbocycles. The van der Waals surface area contributed by atoms with E-state index >= 15 is 0 Å². The summed E-state index contributed by atoms with van der Waals surface area (Å²) in [6.45, 7) is 3.84. The maximum atomic E-state index is 8.88. The first-order chi connectivity index (χ1) is 13.2. The Hall–Kier alpha value is -3.47. The van der Waals surface area contributed by atoms with Crippen LogP contribution in [-0.4, -0.2) is 44.3 Å². The van der Waals surface area contributed by atoms with Crippen molar-refractivity contribution >= 4 is 11.8 Å². The van der Waals surface area contributed by atoms with E-state index in [4.69, 9.17) is 5.26 Å². The SMILES string of the molecule is Cc1ccc(-n2nnnc2NC2CCN(c3ccc(C#N)cn3)CC2)cc1. The quantitative estimate of drug-likeness (QED) is 0.763. The first-order valence-electron chi connectivity index (χ1n) is 8.96. The van der Waals surface area contributed by atoms with E-state index in [0.29, 0.717) is 17.6 Å². The average Bonchev–Trinajstić information content (AvgIpc) is 3.17. The number of rotatable bonds is 4. The van der Waals surface area contributed by atoms with E-state index in [9.17, 15) is 0 Å². The van der Waals surface area contributed by atoms with Gasteiger partial charge < -0.3 is 10.2 Å². The Morgan fingerprint density at radius 3 is 2.56 bits per heavy atom. The van der Waals surface area contributed by atoms with Crippen molar-refractivity contribution in [2.24, 2.45) is 0 Å². The fourth-order valence-electron chi connectivity index (χ4n) is 3.21. The van der Waals surface area contributed by atoms with E-state index in [2.05, 4.69) is 43.7 Å². The van der Waals surface area contributed by atoms with Gasteiger partial charge in [0.1, 0.15) is 11.9 Å². The molecule has 0 unspecified atom stereocenters. The summed E-state index contributed by atoms with van der Waals surface area (Å²) in [5, 5.41) is 24.4. The molecule has 1 fully saturated rings. The third-order valence-electron chi connectivity index (χ3n) is 4.78. The first-order valence-corrected chi connectivity index (χ1v) is 8.96. The molecule has 0 aliphatic carbocycles. The molecule has 0 bridgehead atoms. The number of hydrogen-bond donors (Lipinski definition) is 1. The summed E-state index contributed by atoms with van der Waals surface area (Å²) in [6.07, 6.45) is 3.54. The van der Waals surface area contributed by atoms with E-state index in [0.717, 1.165) is 37.4 Å². The molecule has 3 heterocycles. The number of benzene rings is 1. The zero-order valence-corrected chi connectivity index (χ0v) is 15.1. The summed E-state index contributed by atoms with van der Waals surface area (Å²) in [5.41, 5.74) is 2.72. The summed E-state index contributed by atoms with van der Waals surface area (Å²) >= 11 is 0. The molecule has 2 aromatic heterocycles. The third-order valence-corrected chi connectivity index (χ3v) is 4.78. The van der Waals surface area contributed by atoms with Crippen molar-refractivity contribution in [1.82, 2.24) is 25.2 Å². The zero-order valence-electron chi connectivity index (χ0n) is 15.1. The maximum absolute atomic E-state index is 8.88. The first kappa shape index (κ1) is 17.0. The summed E-state index contributed by atoms with van der Waals surface area (Å²) in [4.78, 5) is 6.62. The topological polar surface area (TPSA) is 95.5 Å². The number of hydrogen-bond acceptors (Lipinski definition) is 7. The molecule has 0 radical (unpaired) electrons. The largest absolute Gasteiger partial charge is 0.356 e. The van der Waals surface area contributed by atoms with Gasteiger partial charge in [-0.05, 0) is 54.5 Å². The molecule has 8 nitrogen and oxygen atoms in total. The molecule has 1 aliphatic heterocycles. The van der Waals surface area contributed by atoms with Gasteiger partial charge in [0.25, 0.3) is 0 Å². The minimum absolute atomic E-state index is 0.301. The maximum Gasteiger partial charge on any atom is 0.247 e. The second kappa shape index (κ2) is 7.41. The summed E-state index contributed by atoms with van der Waals surface area (Å²) in [7, 11) is 0. The fourth-order valence-corrected chi connectivity index (χ4v) is 3.21. The molecule has 8 heteroatoms. The summed E-state index contributed by atoms with van der Waals surface area (Å²) in [5.74, 6) is 1.57. The van der Waals surface area contributed by atoms with Gasteiger partial charge in [-0.2, -0.15) is 9.94 Å². The van der Waals surface area contributed by atoms with Crippen LogP contribution in [0.25, 0.3) is 5.69 Å². The molecule has 0 amide bonds. The van der Waals surface area contributed by atoms with Crippen LogP contribution in [0.1, 0.15) is 24.0 Å². The van der Waals surface area contributed by atoms with Crippen molar-refractivity contribution in [3.05, 3.63) is 53.7 Å². The molecule has 27 heavy (non-hydrogen) atoms. The van der Waals surface area contributed by atoms with Gasteiger partial charge in [-0.15, -0.1) is 0 Å². The molecule has 136 valence electrons. The lowest BCUT2D eigenvalue weighted by atomic mass is 10.1. The van der Waals surface area contributed by atoms with Crippen LogP contribution in [-0.2, 0) is 0 Å². The van der Waals surface area contributed by atoms with Gasteiger partial charge in [0.2, 0.25) is 5.95 Å². The monoisotopic (exact) mass is 360 g/mol. The minimum atomic E-state index is 0.301. The van der Waals surface area contributed by atoms with Gasteiger partial charge in [0.15, 0.2) is 0 Å². The van der Waals surface area contributed by atoms with Crippen molar-refractivity contribution in [3.63, 3.8) is 0 Å². The molecule has 1 N–H and O–H groups in total. The van der Waals surface area contributed by atoms with Crippen LogP contribution in [0.4, 0.5) is 11.8 Å². The van der Waals surface area contributed by atoms with Crippen molar-refractivity contribution in [3.8, 4) is 11.8 Å². The van der Waals surface area contributed by atoms with Crippen LogP contribution < -0.4 is 10.2 Å². The average molecular weight is 360 g/mol. The number of anilines is 2. The standard InChI is InChI=1S/C19H20N8/c1-14-2-5-17(6-3-14)27-19(23-24-25-27)22-16-8-10-26(11-9-16)18-7-4-15(12-20)13-21-18/h2-7,13,16H,8-11H2,1H3,(H,22,23,25). The molecular formula is C19H20N8. The predicted molar refractivity (Wildman–Crippen MR) is 102 cm³/mol. The van der Waals surface area contributed by atoms with E-state index < -0.39 is 0 Å². The molecule has 4 rings (SSSR count). The molecular weight excluding hydrogens is 340 g/mol. The number of piperidine rings is 1. The Morgan fingerprint density at radius 2 is 1.89 bits per heavy atom. The Bertz CT molecular complexity index is 931. The lowest BCUT2D eigenvalue weighted by Gasteiger charge is -2.33. The minimum Gasteiger partial charge on any atom is -0.356 e. The van der Waals surface area contributed by atoms with E-state index in [1.807, 2.05) is 36.4 Å². The van der Waals surface area contributed by atoms with E-state index in [-0.39, 0.29) is 0 Å². The lowest BCUT2D eigenvalue weighted by Crippen LogP contribution is -2.40. The van der Waals surface area contributed by atoms with E-state index in [1.165, 1.54) is 5.56 Å². The zero-order chi connectivity index (χ0) is 18.6. The van der Waals surface area contributed by atoms with Crippen LogP contribution in [0, 0.1) is 18.3 Å². The Kier molecular flexibility index (Phi) is 4.66. The Labute approximate surface area is 157 Å². The highest BCUT2D eigenvalue weighted by atomic mass is 15.6. The normalized spacial score (nSPS) is 14.7. The number of nitriles is 1. The van der Waals surface area contributed by atoms with Crippen LogP contribution in [0.3, 0.4) is 0 Å². The van der Waals surface area contributed by atoms with Gasteiger partial charge in [0.05, 0.1) is 11.3 Å². The van der Waals surface area contributed by atoms with E-state index in [1.54, 1.807) is 10.9 Å². The van der Waals surface area contributed by atoms with Crippen molar-refractivity contribution < 1.29 is 0 Å². The van der Waals surface area contributed by atoms with Crippen LogP contribution >= 0.6 is 0 Å². The van der Waals surface area contributed by atoms with Crippen molar-refractivity contribution in [1.29, 1.82) is 5.26 Å². The van der Waals surface area contributed by atoms with Gasteiger partial charge in [-0.1, -0.05) is 22.8 Å². The molecule has 1 aliphatic rings. The highest BCUT2D eigenvalue weighted by Gasteiger charge is 2.22. The van der Waals surface area contributed by atoms with Gasteiger partial charge >= 0.3 is 0 Å². The molecule has 1 saturated heterocycles. The number of aryl methyl sites for hydroxylation is 1.